The number of likely N-dealkylation sites (N-methyl/N-ethyl adjacent to an activating group) is 1. The zero-order valence-corrected chi connectivity index (χ0v) is 12.4. The number of nitrogens with two attached hydrogens (primary N) is 2. The van der Waals surface area contributed by atoms with Gasteiger partial charge in [0.15, 0.2) is 0 Å². The van der Waals surface area contributed by atoms with E-state index in [9.17, 15) is 9.59 Å². The number of nitrogens with zero attached hydrogens (tertiary/aromatic N) is 1. The number of ether oxygens (including phenoxy) is 1. The smallest absolute Gasteiger partial charge is 0.240 e. The van der Waals surface area contributed by atoms with E-state index in [0.717, 1.165) is 11.3 Å². The fraction of sp³-hybridized carbons (Fsp3) is 0.385. The van der Waals surface area contributed by atoms with Crippen LogP contribution in [0.3, 0.4) is 0 Å². The molecule has 4 N–H and O–H groups in total. The summed E-state index contributed by atoms with van der Waals surface area (Å²) in [6.45, 7) is 0.391. The largest absolute Gasteiger partial charge is 0.497 e. The summed E-state index contributed by atoms with van der Waals surface area (Å²) in [5, 5.41) is 0. The minimum absolute atomic E-state index is 0. The quantitative estimate of drug-likeness (QED) is 0.788. The first-order chi connectivity index (χ1) is 8.93. The van der Waals surface area contributed by atoms with Gasteiger partial charge in [0.25, 0.3) is 0 Å². The van der Waals surface area contributed by atoms with Crippen LogP contribution in [-0.4, -0.2) is 36.9 Å². The Balaban J connectivity index is 0.00000361. The molecule has 112 valence electrons. The van der Waals surface area contributed by atoms with Crippen LogP contribution in [0.25, 0.3) is 0 Å². The number of hydrogen-bond acceptors (Lipinski definition) is 4. The first kappa shape index (κ1) is 18.2. The van der Waals surface area contributed by atoms with Crippen LogP contribution in [0, 0.1) is 0 Å². The number of methoxy groups -OCH3 is 1. The Morgan fingerprint density at radius 1 is 1.40 bits per heavy atom. The van der Waals surface area contributed by atoms with Gasteiger partial charge in [0.1, 0.15) is 5.75 Å². The number of amides is 2. The van der Waals surface area contributed by atoms with Crippen LogP contribution in [0.15, 0.2) is 24.3 Å². The van der Waals surface area contributed by atoms with Crippen molar-refractivity contribution in [1.29, 1.82) is 0 Å². The third-order valence-corrected chi connectivity index (χ3v) is 2.67. The minimum Gasteiger partial charge on any atom is -0.497 e. The summed E-state index contributed by atoms with van der Waals surface area (Å²) in [5.74, 6) is -0.183. The van der Waals surface area contributed by atoms with Crippen LogP contribution in [-0.2, 0) is 16.1 Å². The number of primary amides is 1. The molecule has 0 heterocycles. The van der Waals surface area contributed by atoms with E-state index in [1.807, 2.05) is 24.3 Å². The summed E-state index contributed by atoms with van der Waals surface area (Å²) in [6, 6.07) is 6.49. The summed E-state index contributed by atoms with van der Waals surface area (Å²) in [4.78, 5) is 24.1. The average Bonchev–Trinajstić information content (AvgIpc) is 2.37. The van der Waals surface area contributed by atoms with E-state index < -0.39 is 11.9 Å². The zero-order chi connectivity index (χ0) is 14.4. The van der Waals surface area contributed by atoms with E-state index in [1.165, 1.54) is 4.90 Å². The monoisotopic (exact) mass is 301 g/mol. The molecular weight excluding hydrogens is 282 g/mol. The number of carbonyl (C=O) groups excluding carboxylic acids is 2. The van der Waals surface area contributed by atoms with Crippen molar-refractivity contribution in [3.63, 3.8) is 0 Å². The van der Waals surface area contributed by atoms with Crippen LogP contribution < -0.4 is 16.2 Å². The molecule has 20 heavy (non-hydrogen) atoms. The normalized spacial score (nSPS) is 11.2. The molecule has 0 aliphatic carbocycles. The predicted molar refractivity (Wildman–Crippen MR) is 78.5 cm³/mol. The lowest BCUT2D eigenvalue weighted by molar-refractivity contribution is -0.133. The molecule has 1 rings (SSSR count). The summed E-state index contributed by atoms with van der Waals surface area (Å²) in [5.41, 5.74) is 11.5. The number of hydrogen-bond donors (Lipinski definition) is 2. The van der Waals surface area contributed by atoms with Crippen LogP contribution in [0.5, 0.6) is 5.75 Å². The maximum atomic E-state index is 11.9. The summed E-state index contributed by atoms with van der Waals surface area (Å²) >= 11 is 0. The van der Waals surface area contributed by atoms with Gasteiger partial charge in [-0.3, -0.25) is 9.59 Å². The fourth-order valence-electron chi connectivity index (χ4n) is 1.71. The average molecular weight is 302 g/mol. The van der Waals surface area contributed by atoms with Crippen LogP contribution in [0.1, 0.15) is 12.0 Å². The highest BCUT2D eigenvalue weighted by Gasteiger charge is 2.20. The van der Waals surface area contributed by atoms with Crippen LogP contribution in [0.4, 0.5) is 0 Å². The van der Waals surface area contributed by atoms with Crippen LogP contribution >= 0.6 is 12.4 Å². The highest BCUT2D eigenvalue weighted by Crippen LogP contribution is 2.14. The molecule has 0 bridgehead atoms. The summed E-state index contributed by atoms with van der Waals surface area (Å²) < 4.78 is 5.11. The topological polar surface area (TPSA) is 98.7 Å². The van der Waals surface area contributed by atoms with Crippen molar-refractivity contribution in [2.24, 2.45) is 11.5 Å². The second-order valence-electron chi connectivity index (χ2n) is 4.32. The first-order valence-corrected chi connectivity index (χ1v) is 5.86. The van der Waals surface area contributed by atoms with E-state index in [-0.39, 0.29) is 24.7 Å². The van der Waals surface area contributed by atoms with Crippen molar-refractivity contribution in [3.05, 3.63) is 29.8 Å². The molecular formula is C13H20ClN3O3. The van der Waals surface area contributed by atoms with Crippen molar-refractivity contribution in [2.45, 2.75) is 19.0 Å². The molecule has 0 fully saturated rings. The molecule has 1 aromatic carbocycles. The molecule has 0 radical (unpaired) electrons. The van der Waals surface area contributed by atoms with E-state index in [1.54, 1.807) is 14.2 Å². The molecule has 1 aromatic rings. The van der Waals surface area contributed by atoms with Gasteiger partial charge in [-0.05, 0) is 17.7 Å². The Bertz CT molecular complexity index is 468. The minimum atomic E-state index is -0.895. The van der Waals surface area contributed by atoms with Gasteiger partial charge in [0.05, 0.1) is 19.6 Å². The third-order valence-electron chi connectivity index (χ3n) is 2.67. The van der Waals surface area contributed by atoms with Crippen molar-refractivity contribution in [1.82, 2.24) is 4.90 Å². The molecule has 0 spiro atoms. The third kappa shape index (κ3) is 5.46. The molecule has 1 unspecified atom stereocenters. The van der Waals surface area contributed by atoms with E-state index in [0.29, 0.717) is 6.54 Å². The first-order valence-electron chi connectivity index (χ1n) is 5.86. The second kappa shape index (κ2) is 8.39. The van der Waals surface area contributed by atoms with E-state index >= 15 is 0 Å². The molecule has 2 amide bonds. The van der Waals surface area contributed by atoms with Crippen molar-refractivity contribution in [3.8, 4) is 5.75 Å². The highest BCUT2D eigenvalue weighted by molar-refractivity contribution is 5.87. The molecule has 7 heteroatoms. The van der Waals surface area contributed by atoms with Crippen molar-refractivity contribution < 1.29 is 14.3 Å². The maximum absolute atomic E-state index is 11.9. The van der Waals surface area contributed by atoms with Gasteiger partial charge in [-0.2, -0.15) is 0 Å². The number of halogens is 1. The Morgan fingerprint density at radius 3 is 2.60 bits per heavy atom. The Hall–Kier alpha value is -1.79. The molecule has 1 atom stereocenters. The fourth-order valence-corrected chi connectivity index (χ4v) is 1.71. The Morgan fingerprint density at radius 2 is 2.05 bits per heavy atom. The van der Waals surface area contributed by atoms with Gasteiger partial charge in [-0.15, -0.1) is 12.4 Å². The summed E-state index contributed by atoms with van der Waals surface area (Å²) in [6.07, 6.45) is -0.152. The molecule has 0 aromatic heterocycles. The number of rotatable bonds is 6. The van der Waals surface area contributed by atoms with Crippen LogP contribution in [0.2, 0.25) is 0 Å². The lowest BCUT2D eigenvalue weighted by Crippen LogP contribution is -2.43. The molecule has 6 nitrogen and oxygen atoms in total. The molecule has 0 saturated heterocycles. The lowest BCUT2D eigenvalue weighted by Gasteiger charge is -2.21. The predicted octanol–water partition coefficient (Wildman–Crippen LogP) is 0.278. The lowest BCUT2D eigenvalue weighted by atomic mass is 10.1. The van der Waals surface area contributed by atoms with Gasteiger partial charge in [-0.1, -0.05) is 12.1 Å². The Kier molecular flexibility index (Phi) is 7.64. The SMILES string of the molecule is COc1cccc(CN(C)C(=O)C(N)CC(N)=O)c1.Cl. The van der Waals surface area contributed by atoms with Crippen molar-refractivity contribution >= 4 is 24.2 Å². The van der Waals surface area contributed by atoms with Gasteiger partial charge < -0.3 is 21.1 Å². The molecule has 0 aliphatic heterocycles. The van der Waals surface area contributed by atoms with Crippen molar-refractivity contribution in [2.75, 3.05) is 14.2 Å². The van der Waals surface area contributed by atoms with E-state index in [4.69, 9.17) is 16.2 Å². The second-order valence-corrected chi connectivity index (χ2v) is 4.32. The standard InChI is InChI=1S/C13H19N3O3.ClH/c1-16(13(18)11(14)7-12(15)17)8-9-4-3-5-10(6-9)19-2;/h3-6,11H,7-8,14H2,1-2H3,(H2,15,17);1H. The van der Waals surface area contributed by atoms with Gasteiger partial charge in [0.2, 0.25) is 11.8 Å². The van der Waals surface area contributed by atoms with E-state index in [2.05, 4.69) is 0 Å². The van der Waals surface area contributed by atoms with Gasteiger partial charge in [-0.25, -0.2) is 0 Å². The highest BCUT2D eigenvalue weighted by atomic mass is 35.5. The number of benzene rings is 1. The molecule has 0 saturated carbocycles. The summed E-state index contributed by atoms with van der Waals surface area (Å²) in [7, 11) is 3.21. The Labute approximate surface area is 124 Å². The maximum Gasteiger partial charge on any atom is 0.240 e. The molecule has 0 aliphatic rings. The van der Waals surface area contributed by atoms with Gasteiger partial charge in [0, 0.05) is 13.6 Å². The van der Waals surface area contributed by atoms with Gasteiger partial charge >= 0.3 is 0 Å². The number of carbonyl (C=O) groups is 2. The zero-order valence-electron chi connectivity index (χ0n) is 11.5.